The van der Waals surface area contributed by atoms with Gasteiger partial charge in [0.2, 0.25) is 6.49 Å². The monoisotopic (exact) mass is 297 g/mol. The molecule has 2 heteroatoms. The van der Waals surface area contributed by atoms with E-state index in [4.69, 9.17) is 0 Å². The molecule has 0 N–H and O–H groups in total. The van der Waals surface area contributed by atoms with Crippen molar-refractivity contribution in [3.05, 3.63) is 83.6 Å². The van der Waals surface area contributed by atoms with E-state index in [1.54, 1.807) is 0 Å². The van der Waals surface area contributed by atoms with Crippen molar-refractivity contribution in [1.82, 2.24) is 0 Å². The number of nitrogens with zero attached hydrogens (tertiary/aromatic N) is 1. The molecule has 0 fully saturated rings. The standard InChI is InChI=1S/C21H20BN/c1-15-12-16(2)21(17(3)13-15)22-20-10-5-4-8-18(20)14-19-9-6-7-11-23(19)22/h4-14H,1-3H3. The van der Waals surface area contributed by atoms with E-state index in [0.29, 0.717) is 0 Å². The number of hydrogen-bond acceptors (Lipinski definition) is 0. The van der Waals surface area contributed by atoms with Gasteiger partial charge in [-0.05, 0) is 32.2 Å². The summed E-state index contributed by atoms with van der Waals surface area (Å²) in [4.78, 5) is 0. The quantitative estimate of drug-likeness (QED) is 0.455. The summed E-state index contributed by atoms with van der Waals surface area (Å²) in [5.74, 6) is 0. The maximum Gasteiger partial charge on any atom is 0.237 e. The van der Waals surface area contributed by atoms with Crippen LogP contribution >= 0.6 is 0 Å². The summed E-state index contributed by atoms with van der Waals surface area (Å²) in [7, 11) is 0. The minimum atomic E-state index is 0.244. The Kier molecular flexibility index (Phi) is 3.26. The molecule has 23 heavy (non-hydrogen) atoms. The summed E-state index contributed by atoms with van der Waals surface area (Å²) >= 11 is 0. The fourth-order valence-electron chi connectivity index (χ4n) is 3.94. The minimum absolute atomic E-state index is 0.244. The molecule has 112 valence electrons. The third kappa shape index (κ3) is 2.26. The second-order valence-electron chi connectivity index (χ2n) is 6.52. The van der Waals surface area contributed by atoms with Crippen LogP contribution < -0.4 is 4.31 Å². The van der Waals surface area contributed by atoms with Crippen molar-refractivity contribution in [2.24, 2.45) is 0 Å². The predicted octanol–water partition coefficient (Wildman–Crippen LogP) is 4.52. The lowest BCUT2D eigenvalue weighted by Crippen LogP contribution is -2.37. The molecular weight excluding hydrogens is 277 g/mol. The molecule has 1 nitrogen and oxygen atoms in total. The third-order valence-corrected chi connectivity index (χ3v) is 4.81. The number of fused-ring (bicyclic) bond motifs is 2. The molecule has 0 aliphatic carbocycles. The largest absolute Gasteiger partial charge is 0.424 e. The fourth-order valence-corrected chi connectivity index (χ4v) is 3.94. The molecule has 0 spiro atoms. The fraction of sp³-hybridized carbons (Fsp3) is 0.143. The van der Waals surface area contributed by atoms with Crippen LogP contribution in [-0.2, 0) is 0 Å². The normalized spacial score (nSPS) is 11.3. The van der Waals surface area contributed by atoms with E-state index >= 15 is 0 Å². The first-order valence-electron chi connectivity index (χ1n) is 8.17. The highest BCUT2D eigenvalue weighted by atomic mass is 14.8. The van der Waals surface area contributed by atoms with Crippen molar-refractivity contribution < 1.29 is 4.31 Å². The number of benzene rings is 2. The second kappa shape index (κ2) is 5.31. The van der Waals surface area contributed by atoms with Crippen LogP contribution in [0.3, 0.4) is 0 Å². The van der Waals surface area contributed by atoms with E-state index < -0.39 is 0 Å². The number of aryl methyl sites for hydroxylation is 3. The molecule has 0 saturated heterocycles. The van der Waals surface area contributed by atoms with E-state index in [1.165, 1.54) is 38.3 Å². The SMILES string of the molecule is Cc1cc(C)c(-[b-]2c3ccccc3cc3cccc[n+]23)c(C)c1. The molecule has 2 aromatic heterocycles. The Labute approximate surface area is 137 Å². The van der Waals surface area contributed by atoms with E-state index in [-0.39, 0.29) is 6.49 Å². The van der Waals surface area contributed by atoms with Crippen LogP contribution in [0.1, 0.15) is 16.7 Å². The first-order valence-corrected chi connectivity index (χ1v) is 8.17. The Bertz CT molecular complexity index is 973. The average molecular weight is 297 g/mol. The van der Waals surface area contributed by atoms with Gasteiger partial charge in [0.05, 0.1) is 0 Å². The van der Waals surface area contributed by atoms with Crippen molar-refractivity contribution >= 4 is 22.7 Å². The van der Waals surface area contributed by atoms with Gasteiger partial charge >= 0.3 is 0 Å². The van der Waals surface area contributed by atoms with Crippen LogP contribution in [0, 0.1) is 20.8 Å². The first-order chi connectivity index (χ1) is 11.1. The molecule has 0 aliphatic rings. The lowest BCUT2D eigenvalue weighted by atomic mass is 9.60. The van der Waals surface area contributed by atoms with Gasteiger partial charge in [0, 0.05) is 12.1 Å². The summed E-state index contributed by atoms with van der Waals surface area (Å²) < 4.78 is 2.40. The van der Waals surface area contributed by atoms with Gasteiger partial charge in [-0.15, -0.1) is 10.7 Å². The summed E-state index contributed by atoms with van der Waals surface area (Å²) in [5, 5.41) is 2.70. The van der Waals surface area contributed by atoms with Gasteiger partial charge in [0.15, 0.2) is 5.52 Å². The van der Waals surface area contributed by atoms with Crippen molar-refractivity contribution in [2.45, 2.75) is 20.8 Å². The van der Waals surface area contributed by atoms with E-state index in [2.05, 4.69) is 91.9 Å². The summed E-state index contributed by atoms with van der Waals surface area (Å²) in [6.45, 7) is 6.89. The van der Waals surface area contributed by atoms with Crippen molar-refractivity contribution in [3.8, 4) is 5.46 Å². The van der Waals surface area contributed by atoms with Crippen molar-refractivity contribution in [1.29, 1.82) is 0 Å². The minimum Gasteiger partial charge on any atom is -0.424 e. The zero-order valence-electron chi connectivity index (χ0n) is 13.9. The second-order valence-corrected chi connectivity index (χ2v) is 6.52. The van der Waals surface area contributed by atoms with Crippen LogP contribution in [0.5, 0.6) is 0 Å². The Morgan fingerprint density at radius 3 is 2.26 bits per heavy atom. The van der Waals surface area contributed by atoms with Gasteiger partial charge in [0.25, 0.3) is 0 Å². The van der Waals surface area contributed by atoms with E-state index in [0.717, 1.165) is 0 Å². The van der Waals surface area contributed by atoms with Gasteiger partial charge in [-0.1, -0.05) is 59.2 Å². The zero-order valence-corrected chi connectivity index (χ0v) is 13.9. The molecule has 4 aromatic rings. The lowest BCUT2D eigenvalue weighted by Gasteiger charge is -2.20. The Hall–Kier alpha value is -2.48. The lowest BCUT2D eigenvalue weighted by molar-refractivity contribution is -0.450. The molecule has 0 amide bonds. The molecule has 0 radical (unpaired) electrons. The van der Waals surface area contributed by atoms with Crippen LogP contribution in [0.2, 0.25) is 0 Å². The number of aromatic nitrogens is 1. The van der Waals surface area contributed by atoms with Crippen LogP contribution in [0.4, 0.5) is 0 Å². The Morgan fingerprint density at radius 2 is 1.48 bits per heavy atom. The summed E-state index contributed by atoms with van der Waals surface area (Å²) in [6, 6.07) is 22.1. The van der Waals surface area contributed by atoms with Crippen molar-refractivity contribution in [2.75, 3.05) is 0 Å². The smallest absolute Gasteiger partial charge is 0.237 e. The molecular formula is C21H20BN. The van der Waals surface area contributed by atoms with Crippen LogP contribution in [0.25, 0.3) is 21.6 Å². The number of hydrogen-bond donors (Lipinski definition) is 0. The highest BCUT2D eigenvalue weighted by molar-refractivity contribution is 6.69. The maximum atomic E-state index is 2.40. The highest BCUT2D eigenvalue weighted by Crippen LogP contribution is 2.23. The summed E-state index contributed by atoms with van der Waals surface area (Å²) in [6.07, 6.45) is 2.20. The Morgan fingerprint density at radius 1 is 0.783 bits per heavy atom. The van der Waals surface area contributed by atoms with E-state index in [1.807, 2.05) is 0 Å². The van der Waals surface area contributed by atoms with Gasteiger partial charge < -0.3 is 4.31 Å². The highest BCUT2D eigenvalue weighted by Gasteiger charge is 2.12. The first kappa shape index (κ1) is 14.1. The Balaban J connectivity index is 2.25. The molecule has 0 atom stereocenters. The summed E-state index contributed by atoms with van der Waals surface area (Å²) in [5.41, 5.74) is 6.75. The van der Waals surface area contributed by atoms with Gasteiger partial charge in [-0.2, -0.15) is 0 Å². The maximum absolute atomic E-state index is 2.40. The van der Waals surface area contributed by atoms with Gasteiger partial charge in [0.1, 0.15) is 6.20 Å². The number of pyridine rings is 1. The molecule has 4 rings (SSSR count). The average Bonchev–Trinajstić information content (AvgIpc) is 2.53. The predicted molar refractivity (Wildman–Crippen MR) is 98.6 cm³/mol. The molecule has 0 aliphatic heterocycles. The zero-order chi connectivity index (χ0) is 16.0. The molecule has 0 unspecified atom stereocenters. The van der Waals surface area contributed by atoms with Crippen LogP contribution in [-0.4, -0.2) is 6.49 Å². The van der Waals surface area contributed by atoms with Gasteiger partial charge in [-0.25, -0.2) is 0 Å². The molecule has 0 saturated carbocycles. The number of rotatable bonds is 1. The molecule has 0 bridgehead atoms. The van der Waals surface area contributed by atoms with Crippen LogP contribution in [0.15, 0.2) is 66.9 Å². The molecule has 2 aromatic carbocycles. The third-order valence-electron chi connectivity index (χ3n) is 4.81. The van der Waals surface area contributed by atoms with E-state index in [9.17, 15) is 0 Å². The topological polar surface area (TPSA) is 4.10 Å². The molecule has 2 heterocycles. The van der Waals surface area contributed by atoms with Crippen molar-refractivity contribution in [3.63, 3.8) is 0 Å². The van der Waals surface area contributed by atoms with Gasteiger partial charge in [-0.3, -0.25) is 0 Å².